The summed E-state index contributed by atoms with van der Waals surface area (Å²) in [5.41, 5.74) is 1.46. The predicted octanol–water partition coefficient (Wildman–Crippen LogP) is 3.08. The van der Waals surface area contributed by atoms with E-state index < -0.39 is 17.5 Å². The maximum atomic E-state index is 13.5. The highest BCUT2D eigenvalue weighted by molar-refractivity contribution is 5.93. The molecule has 138 valence electrons. The summed E-state index contributed by atoms with van der Waals surface area (Å²) >= 11 is 0. The van der Waals surface area contributed by atoms with Crippen molar-refractivity contribution in [3.05, 3.63) is 59.7 Å². The molecule has 3 N–H and O–H groups in total. The molecule has 0 aliphatic rings. The van der Waals surface area contributed by atoms with Crippen LogP contribution in [-0.4, -0.2) is 24.4 Å². The van der Waals surface area contributed by atoms with Crippen LogP contribution >= 0.6 is 0 Å². The minimum Gasteiger partial charge on any atom is -0.376 e. The Morgan fingerprint density at radius 2 is 1.69 bits per heavy atom. The molecule has 2 amide bonds. The summed E-state index contributed by atoms with van der Waals surface area (Å²) in [6.07, 6.45) is 0.281. The number of rotatable bonds is 7. The smallest absolute Gasteiger partial charge is 0.243 e. The Balaban J connectivity index is 1.83. The normalized spacial score (nSPS) is 10.5. The van der Waals surface area contributed by atoms with Gasteiger partial charge in [0, 0.05) is 17.8 Å². The summed E-state index contributed by atoms with van der Waals surface area (Å²) in [6.45, 7) is 3.71. The number of anilines is 2. The van der Waals surface area contributed by atoms with E-state index in [-0.39, 0.29) is 30.6 Å². The molecule has 0 aromatic heterocycles. The SMILES string of the molecule is CC(C)NC(=O)Cc1ccc(NCC(=O)Nc2ccc(F)cc2F)cc1. The van der Waals surface area contributed by atoms with Crippen molar-refractivity contribution < 1.29 is 18.4 Å². The first kappa shape index (κ1) is 19.4. The minimum absolute atomic E-state index is 0.0542. The van der Waals surface area contributed by atoms with Crippen LogP contribution in [0.5, 0.6) is 0 Å². The first-order valence-electron chi connectivity index (χ1n) is 8.20. The number of nitrogens with one attached hydrogen (secondary N) is 3. The lowest BCUT2D eigenvalue weighted by Crippen LogP contribution is -2.31. The molecule has 0 bridgehead atoms. The average Bonchev–Trinajstić information content (AvgIpc) is 2.56. The lowest BCUT2D eigenvalue weighted by molar-refractivity contribution is -0.121. The van der Waals surface area contributed by atoms with Crippen LogP contribution < -0.4 is 16.0 Å². The third-order valence-corrected chi connectivity index (χ3v) is 3.43. The first-order valence-corrected chi connectivity index (χ1v) is 8.20. The number of hydrogen-bond acceptors (Lipinski definition) is 3. The van der Waals surface area contributed by atoms with Crippen LogP contribution in [-0.2, 0) is 16.0 Å². The fraction of sp³-hybridized carbons (Fsp3) is 0.263. The van der Waals surface area contributed by atoms with E-state index in [0.29, 0.717) is 11.8 Å². The highest BCUT2D eigenvalue weighted by Gasteiger charge is 2.08. The van der Waals surface area contributed by atoms with Crippen LogP contribution in [0, 0.1) is 11.6 Å². The zero-order valence-electron chi connectivity index (χ0n) is 14.6. The number of halogens is 2. The summed E-state index contributed by atoms with van der Waals surface area (Å²) in [7, 11) is 0. The second kappa shape index (κ2) is 8.94. The van der Waals surface area contributed by atoms with Crippen LogP contribution in [0.15, 0.2) is 42.5 Å². The molecule has 0 fully saturated rings. The molecule has 2 aromatic carbocycles. The maximum absolute atomic E-state index is 13.5. The van der Waals surface area contributed by atoms with Gasteiger partial charge in [-0.2, -0.15) is 0 Å². The molecule has 0 atom stereocenters. The lowest BCUT2D eigenvalue weighted by atomic mass is 10.1. The van der Waals surface area contributed by atoms with Gasteiger partial charge in [-0.1, -0.05) is 12.1 Å². The van der Waals surface area contributed by atoms with Crippen LogP contribution in [0.25, 0.3) is 0 Å². The second-order valence-corrected chi connectivity index (χ2v) is 6.12. The number of carbonyl (C=O) groups excluding carboxylic acids is 2. The van der Waals surface area contributed by atoms with Gasteiger partial charge in [0.15, 0.2) is 0 Å². The maximum Gasteiger partial charge on any atom is 0.243 e. The molecule has 0 unspecified atom stereocenters. The fourth-order valence-electron chi connectivity index (χ4n) is 2.27. The summed E-state index contributed by atoms with van der Waals surface area (Å²) in [6, 6.07) is 10.1. The van der Waals surface area contributed by atoms with Crippen molar-refractivity contribution in [2.24, 2.45) is 0 Å². The van der Waals surface area contributed by atoms with Crippen LogP contribution in [0.1, 0.15) is 19.4 Å². The van der Waals surface area contributed by atoms with E-state index in [4.69, 9.17) is 0 Å². The van der Waals surface area contributed by atoms with Crippen LogP contribution in [0.2, 0.25) is 0 Å². The molecule has 0 saturated heterocycles. The quantitative estimate of drug-likeness (QED) is 0.710. The Morgan fingerprint density at radius 3 is 2.31 bits per heavy atom. The summed E-state index contributed by atoms with van der Waals surface area (Å²) in [5.74, 6) is -2.06. The molecule has 26 heavy (non-hydrogen) atoms. The van der Waals surface area contributed by atoms with E-state index in [9.17, 15) is 18.4 Å². The first-order chi connectivity index (χ1) is 12.3. The van der Waals surface area contributed by atoms with Crippen molar-refractivity contribution in [1.82, 2.24) is 5.32 Å². The Labute approximate surface area is 150 Å². The van der Waals surface area contributed by atoms with Crippen LogP contribution in [0.3, 0.4) is 0 Å². The van der Waals surface area contributed by atoms with Crippen molar-refractivity contribution in [2.45, 2.75) is 26.3 Å². The number of hydrogen-bond donors (Lipinski definition) is 3. The predicted molar refractivity (Wildman–Crippen MR) is 96.9 cm³/mol. The number of carbonyl (C=O) groups is 2. The lowest BCUT2D eigenvalue weighted by Gasteiger charge is -2.10. The van der Waals surface area contributed by atoms with Gasteiger partial charge in [0.1, 0.15) is 11.6 Å². The fourth-order valence-corrected chi connectivity index (χ4v) is 2.27. The zero-order chi connectivity index (χ0) is 19.1. The Hall–Kier alpha value is -2.96. The molecular formula is C19H21F2N3O2. The molecule has 2 aromatic rings. The largest absolute Gasteiger partial charge is 0.376 e. The molecule has 0 radical (unpaired) electrons. The Bertz CT molecular complexity index is 777. The summed E-state index contributed by atoms with van der Waals surface area (Å²) < 4.78 is 26.3. The molecule has 0 spiro atoms. The van der Waals surface area contributed by atoms with Crippen LogP contribution in [0.4, 0.5) is 20.2 Å². The molecule has 0 heterocycles. The number of benzene rings is 2. The third kappa shape index (κ3) is 6.16. The van der Waals surface area contributed by atoms with Gasteiger partial charge in [-0.05, 0) is 43.7 Å². The topological polar surface area (TPSA) is 70.2 Å². The van der Waals surface area contributed by atoms with Crippen molar-refractivity contribution in [1.29, 1.82) is 0 Å². The second-order valence-electron chi connectivity index (χ2n) is 6.12. The Morgan fingerprint density at radius 1 is 1.00 bits per heavy atom. The highest BCUT2D eigenvalue weighted by Crippen LogP contribution is 2.15. The summed E-state index contributed by atoms with van der Waals surface area (Å²) in [4.78, 5) is 23.6. The van der Waals surface area contributed by atoms with Crippen molar-refractivity contribution in [3.8, 4) is 0 Å². The van der Waals surface area contributed by atoms with E-state index in [0.717, 1.165) is 11.6 Å². The third-order valence-electron chi connectivity index (χ3n) is 3.43. The Kier molecular flexibility index (Phi) is 6.66. The van der Waals surface area contributed by atoms with Crippen molar-refractivity contribution >= 4 is 23.2 Å². The minimum atomic E-state index is -0.831. The molecule has 2 rings (SSSR count). The van der Waals surface area contributed by atoms with Gasteiger partial charge < -0.3 is 16.0 Å². The molecule has 0 aliphatic carbocycles. The average molecular weight is 361 g/mol. The molecule has 5 nitrogen and oxygen atoms in total. The standard InChI is InChI=1S/C19H21F2N3O2/c1-12(2)23-18(25)9-13-3-6-15(7-4-13)22-11-19(26)24-17-8-5-14(20)10-16(17)21/h3-8,10,12,22H,9,11H2,1-2H3,(H,23,25)(H,24,26). The van der Waals surface area contributed by atoms with Gasteiger partial charge in [-0.3, -0.25) is 9.59 Å². The molecule has 7 heteroatoms. The highest BCUT2D eigenvalue weighted by atomic mass is 19.1. The van der Waals surface area contributed by atoms with Gasteiger partial charge in [0.2, 0.25) is 11.8 Å². The molecular weight excluding hydrogens is 340 g/mol. The van der Waals surface area contributed by atoms with Gasteiger partial charge in [-0.25, -0.2) is 8.78 Å². The number of amides is 2. The van der Waals surface area contributed by atoms with E-state index in [1.807, 2.05) is 13.8 Å². The van der Waals surface area contributed by atoms with Crippen molar-refractivity contribution in [3.63, 3.8) is 0 Å². The van der Waals surface area contributed by atoms with Gasteiger partial charge in [0.05, 0.1) is 18.7 Å². The van der Waals surface area contributed by atoms with Crippen molar-refractivity contribution in [2.75, 3.05) is 17.2 Å². The molecule has 0 aliphatic heterocycles. The summed E-state index contributed by atoms with van der Waals surface area (Å²) in [5, 5.41) is 8.08. The van der Waals surface area contributed by atoms with E-state index in [2.05, 4.69) is 16.0 Å². The molecule has 0 saturated carbocycles. The van der Waals surface area contributed by atoms with Gasteiger partial charge >= 0.3 is 0 Å². The van der Waals surface area contributed by atoms with E-state index in [1.54, 1.807) is 24.3 Å². The van der Waals surface area contributed by atoms with Gasteiger partial charge in [-0.15, -0.1) is 0 Å². The van der Waals surface area contributed by atoms with E-state index >= 15 is 0 Å². The van der Waals surface area contributed by atoms with Gasteiger partial charge in [0.25, 0.3) is 0 Å². The zero-order valence-corrected chi connectivity index (χ0v) is 14.6. The monoisotopic (exact) mass is 361 g/mol. The van der Waals surface area contributed by atoms with E-state index in [1.165, 1.54) is 6.07 Å².